The van der Waals surface area contributed by atoms with Gasteiger partial charge in [-0.1, -0.05) is 11.6 Å². The number of carboxylic acid groups (broad SMARTS) is 1. The minimum absolute atomic E-state index is 0.156. The molecule has 1 aromatic rings. The largest absolute Gasteiger partial charge is 0.508 e. The average molecular weight is 284 g/mol. The minimum atomic E-state index is -0.934. The second kappa shape index (κ2) is 4.60. The third kappa shape index (κ3) is 2.63. The van der Waals surface area contributed by atoms with Crippen LogP contribution in [-0.4, -0.2) is 32.8 Å². The molecule has 1 unspecified atom stereocenters. The quantitative estimate of drug-likeness (QED) is 0.831. The van der Waals surface area contributed by atoms with Crippen molar-refractivity contribution in [3.05, 3.63) is 28.3 Å². The Morgan fingerprint density at radius 3 is 2.53 bits per heavy atom. The number of hydrogen-bond donors (Lipinski definition) is 2. The highest BCUT2D eigenvalue weighted by Crippen LogP contribution is 2.36. The summed E-state index contributed by atoms with van der Waals surface area (Å²) >= 11 is 5.92. The molecule has 0 bridgehead atoms. The number of rotatable bonds is 1. The Balaban J connectivity index is 2.33. The first-order valence-electron chi connectivity index (χ1n) is 6.22. The fourth-order valence-electron chi connectivity index (χ4n) is 2.83. The van der Waals surface area contributed by atoms with E-state index in [1.54, 1.807) is 6.07 Å². The van der Waals surface area contributed by atoms with E-state index in [4.69, 9.17) is 11.6 Å². The van der Waals surface area contributed by atoms with E-state index in [0.29, 0.717) is 17.9 Å². The van der Waals surface area contributed by atoms with Gasteiger partial charge in [0.15, 0.2) is 0 Å². The van der Waals surface area contributed by atoms with Crippen LogP contribution in [0.15, 0.2) is 12.1 Å². The van der Waals surface area contributed by atoms with Crippen molar-refractivity contribution in [3.63, 3.8) is 0 Å². The fraction of sp³-hybridized carbons (Fsp3) is 0.500. The maximum absolute atomic E-state index is 11.5. The number of amides is 1. The molecule has 0 fully saturated rings. The third-order valence-corrected chi connectivity index (χ3v) is 3.69. The summed E-state index contributed by atoms with van der Waals surface area (Å²) in [5.74, 6) is 0.157. The van der Waals surface area contributed by atoms with Crippen molar-refractivity contribution in [2.24, 2.45) is 0 Å². The third-order valence-electron chi connectivity index (χ3n) is 3.47. The van der Waals surface area contributed by atoms with E-state index in [1.165, 1.54) is 11.0 Å². The smallest absolute Gasteiger partial charge is 0.408 e. The summed E-state index contributed by atoms with van der Waals surface area (Å²) in [4.78, 5) is 12.9. The van der Waals surface area contributed by atoms with Crippen LogP contribution < -0.4 is 0 Å². The lowest BCUT2D eigenvalue weighted by atomic mass is 10.0. The van der Waals surface area contributed by atoms with E-state index in [2.05, 4.69) is 0 Å². The van der Waals surface area contributed by atoms with E-state index >= 15 is 0 Å². The van der Waals surface area contributed by atoms with Crippen LogP contribution in [0.1, 0.15) is 31.9 Å². The predicted octanol–water partition coefficient (Wildman–Crippen LogP) is 3.29. The summed E-state index contributed by atoms with van der Waals surface area (Å²) in [5, 5.41) is 19.8. The molecule has 4 nitrogen and oxygen atoms in total. The van der Waals surface area contributed by atoms with Crippen molar-refractivity contribution in [2.45, 2.75) is 45.2 Å². The standard InChI is InChI=1S/C14H18ClNO3/c1-14(2,3)16(13(18)19)10-5-8-4-9(15)6-12(17)11(8)7-10/h4,6,10,17H,5,7H2,1-3H3,(H,18,19). The maximum atomic E-state index is 11.5. The van der Waals surface area contributed by atoms with Crippen molar-refractivity contribution in [3.8, 4) is 5.75 Å². The lowest BCUT2D eigenvalue weighted by molar-refractivity contribution is 0.0730. The van der Waals surface area contributed by atoms with E-state index < -0.39 is 11.6 Å². The van der Waals surface area contributed by atoms with Crippen LogP contribution in [0.25, 0.3) is 0 Å². The second-order valence-electron chi connectivity index (χ2n) is 5.95. The summed E-state index contributed by atoms with van der Waals surface area (Å²) in [6, 6.07) is 3.15. The highest BCUT2D eigenvalue weighted by Gasteiger charge is 2.37. The van der Waals surface area contributed by atoms with Crippen LogP contribution in [0.4, 0.5) is 4.79 Å². The zero-order chi connectivity index (χ0) is 14.4. The summed E-state index contributed by atoms with van der Waals surface area (Å²) in [6.45, 7) is 5.62. The SMILES string of the molecule is CC(C)(C)N(C(=O)O)C1Cc2cc(Cl)cc(O)c2C1. The molecule has 1 amide bonds. The summed E-state index contributed by atoms with van der Waals surface area (Å²) in [5.41, 5.74) is 1.27. The molecule has 1 aliphatic rings. The first-order valence-corrected chi connectivity index (χ1v) is 6.60. The molecule has 1 aromatic carbocycles. The molecule has 1 aliphatic carbocycles. The number of benzene rings is 1. The molecule has 0 saturated carbocycles. The van der Waals surface area contributed by atoms with Crippen LogP contribution in [0.3, 0.4) is 0 Å². The van der Waals surface area contributed by atoms with E-state index in [9.17, 15) is 15.0 Å². The molecule has 1 atom stereocenters. The first-order chi connectivity index (χ1) is 8.70. The maximum Gasteiger partial charge on any atom is 0.408 e. The van der Waals surface area contributed by atoms with Crippen molar-refractivity contribution >= 4 is 17.7 Å². The summed E-state index contributed by atoms with van der Waals surface area (Å²) in [6.07, 6.45) is 0.186. The molecule has 2 rings (SSSR count). The molecule has 0 radical (unpaired) electrons. The molecule has 0 aliphatic heterocycles. The van der Waals surface area contributed by atoms with Crippen molar-refractivity contribution < 1.29 is 15.0 Å². The second-order valence-corrected chi connectivity index (χ2v) is 6.38. The number of carbonyl (C=O) groups is 1. The highest BCUT2D eigenvalue weighted by atomic mass is 35.5. The monoisotopic (exact) mass is 283 g/mol. The summed E-state index contributed by atoms with van der Waals surface area (Å²) in [7, 11) is 0. The molecule has 0 spiro atoms. The normalized spacial score (nSPS) is 18.2. The molecule has 5 heteroatoms. The van der Waals surface area contributed by atoms with Gasteiger partial charge in [0, 0.05) is 16.6 Å². The molecule has 104 valence electrons. The Kier molecular flexibility index (Phi) is 3.39. The van der Waals surface area contributed by atoms with Gasteiger partial charge < -0.3 is 10.2 Å². The van der Waals surface area contributed by atoms with E-state index in [1.807, 2.05) is 20.8 Å². The van der Waals surface area contributed by atoms with Crippen LogP contribution in [-0.2, 0) is 12.8 Å². The number of aromatic hydroxyl groups is 1. The molecule has 0 saturated heterocycles. The average Bonchev–Trinajstić information content (AvgIpc) is 2.57. The van der Waals surface area contributed by atoms with Crippen LogP contribution in [0.5, 0.6) is 5.75 Å². The summed E-state index contributed by atoms with van der Waals surface area (Å²) < 4.78 is 0. The molecular formula is C14H18ClNO3. The van der Waals surface area contributed by atoms with Crippen LogP contribution in [0.2, 0.25) is 5.02 Å². The Morgan fingerprint density at radius 1 is 1.37 bits per heavy atom. The van der Waals surface area contributed by atoms with E-state index in [0.717, 1.165) is 11.1 Å². The van der Waals surface area contributed by atoms with Gasteiger partial charge in [-0.2, -0.15) is 0 Å². The van der Waals surface area contributed by atoms with Crippen molar-refractivity contribution in [1.29, 1.82) is 0 Å². The lowest BCUT2D eigenvalue weighted by Gasteiger charge is -2.38. The minimum Gasteiger partial charge on any atom is -0.508 e. The Labute approximate surface area is 117 Å². The van der Waals surface area contributed by atoms with Gasteiger partial charge in [0.25, 0.3) is 0 Å². The predicted molar refractivity (Wildman–Crippen MR) is 73.9 cm³/mol. The number of phenols is 1. The Morgan fingerprint density at radius 2 is 2.00 bits per heavy atom. The van der Waals surface area contributed by atoms with Gasteiger partial charge in [-0.15, -0.1) is 0 Å². The van der Waals surface area contributed by atoms with Crippen molar-refractivity contribution in [2.75, 3.05) is 0 Å². The Hall–Kier alpha value is -1.42. The van der Waals surface area contributed by atoms with Gasteiger partial charge in [0.1, 0.15) is 5.75 Å². The first kappa shape index (κ1) is 14.0. The van der Waals surface area contributed by atoms with E-state index in [-0.39, 0.29) is 11.8 Å². The van der Waals surface area contributed by atoms with Gasteiger partial charge in [-0.25, -0.2) is 4.79 Å². The number of nitrogens with zero attached hydrogens (tertiary/aromatic N) is 1. The molecular weight excluding hydrogens is 266 g/mol. The fourth-order valence-corrected chi connectivity index (χ4v) is 3.07. The zero-order valence-electron chi connectivity index (χ0n) is 11.3. The number of halogens is 1. The van der Waals surface area contributed by atoms with Crippen molar-refractivity contribution in [1.82, 2.24) is 4.90 Å². The topological polar surface area (TPSA) is 60.8 Å². The Bertz CT molecular complexity index is 522. The van der Waals surface area contributed by atoms with Crippen LogP contribution in [0, 0.1) is 0 Å². The van der Waals surface area contributed by atoms with Gasteiger partial charge >= 0.3 is 6.09 Å². The van der Waals surface area contributed by atoms with Gasteiger partial charge in [0.05, 0.1) is 0 Å². The number of phenolic OH excluding ortho intramolecular Hbond substituents is 1. The van der Waals surface area contributed by atoms with Gasteiger partial charge in [-0.05, 0) is 56.9 Å². The van der Waals surface area contributed by atoms with Gasteiger partial charge in [-0.3, -0.25) is 4.90 Å². The zero-order valence-corrected chi connectivity index (χ0v) is 12.0. The molecule has 0 heterocycles. The lowest BCUT2D eigenvalue weighted by Crippen LogP contribution is -2.51. The van der Waals surface area contributed by atoms with Crippen LogP contribution >= 0.6 is 11.6 Å². The highest BCUT2D eigenvalue weighted by molar-refractivity contribution is 6.30. The molecule has 19 heavy (non-hydrogen) atoms. The van der Waals surface area contributed by atoms with Gasteiger partial charge in [0.2, 0.25) is 0 Å². The molecule has 2 N–H and O–H groups in total. The molecule has 0 aromatic heterocycles. The number of hydrogen-bond acceptors (Lipinski definition) is 2. The number of fused-ring (bicyclic) bond motifs is 1.